The van der Waals surface area contributed by atoms with Crippen LogP contribution in [-0.2, 0) is 4.74 Å². The molecule has 0 aliphatic carbocycles. The van der Waals surface area contributed by atoms with Gasteiger partial charge in [-0.05, 0) is 13.8 Å². The maximum Gasteiger partial charge on any atom is 0.0791 e. The highest BCUT2D eigenvalue weighted by molar-refractivity contribution is 7.07. The van der Waals surface area contributed by atoms with E-state index in [1.54, 1.807) is 23.0 Å². The Morgan fingerprint density at radius 1 is 1.40 bits per heavy atom. The van der Waals surface area contributed by atoms with Crippen molar-refractivity contribution in [2.24, 2.45) is 0 Å². The van der Waals surface area contributed by atoms with Gasteiger partial charge in [0.2, 0.25) is 0 Å². The van der Waals surface area contributed by atoms with Crippen LogP contribution in [0.3, 0.4) is 0 Å². The largest absolute Gasteiger partial charge is 0.382 e. The zero-order chi connectivity index (χ0) is 7.66. The Morgan fingerprint density at radius 3 is 2.20 bits per heavy atom. The summed E-state index contributed by atoms with van der Waals surface area (Å²) in [6, 6.07) is 0. The molecule has 0 aliphatic rings. The highest BCUT2D eigenvalue weighted by Crippen LogP contribution is 1.85. The van der Waals surface area contributed by atoms with E-state index in [1.165, 1.54) is 0 Å². The normalized spacial score (nSPS) is 8.20. The quantitative estimate of drug-likeness (QED) is 0.660. The molecule has 1 heterocycles. The Hall–Kier alpha value is -0.410. The van der Waals surface area contributed by atoms with Gasteiger partial charge in [-0.2, -0.15) is 0 Å². The molecule has 0 aromatic carbocycles. The maximum atomic E-state index is 4.83. The van der Waals surface area contributed by atoms with Crippen molar-refractivity contribution >= 4 is 11.3 Å². The van der Waals surface area contributed by atoms with Gasteiger partial charge in [-0.15, -0.1) is 11.3 Å². The summed E-state index contributed by atoms with van der Waals surface area (Å²) in [5, 5.41) is 1.93. The molecule has 0 amide bonds. The minimum atomic E-state index is 0.844. The van der Waals surface area contributed by atoms with Gasteiger partial charge >= 0.3 is 0 Å². The average Bonchev–Trinajstić information content (AvgIpc) is 2.44. The van der Waals surface area contributed by atoms with Crippen molar-refractivity contribution in [2.75, 3.05) is 13.2 Å². The van der Waals surface area contributed by atoms with Crippen molar-refractivity contribution in [3.05, 3.63) is 17.1 Å². The van der Waals surface area contributed by atoms with Gasteiger partial charge in [0.1, 0.15) is 0 Å². The Labute approximate surface area is 65.9 Å². The molecule has 1 aromatic heterocycles. The van der Waals surface area contributed by atoms with Crippen molar-refractivity contribution in [1.82, 2.24) is 4.98 Å². The second-order valence-corrected chi connectivity index (χ2v) is 2.21. The lowest BCUT2D eigenvalue weighted by Crippen LogP contribution is -1.84. The van der Waals surface area contributed by atoms with Crippen molar-refractivity contribution < 1.29 is 4.74 Å². The van der Waals surface area contributed by atoms with Gasteiger partial charge in [0.15, 0.2) is 0 Å². The molecule has 0 aliphatic heterocycles. The molecule has 0 bridgehead atoms. The molecule has 0 fully saturated rings. The zero-order valence-corrected chi connectivity index (χ0v) is 7.23. The number of rotatable bonds is 2. The fourth-order valence-corrected chi connectivity index (χ4v) is 0.731. The summed E-state index contributed by atoms with van der Waals surface area (Å²) < 4.78 is 4.83. The SMILES string of the molecule is CCOCC.c1cscn1. The van der Waals surface area contributed by atoms with Gasteiger partial charge < -0.3 is 4.74 Å². The Morgan fingerprint density at radius 2 is 2.10 bits per heavy atom. The molecule has 1 aromatic rings. The molecular formula is C7H13NOS. The highest BCUT2D eigenvalue weighted by Gasteiger charge is 1.64. The summed E-state index contributed by atoms with van der Waals surface area (Å²) in [5.41, 5.74) is 1.79. The predicted octanol–water partition coefficient (Wildman–Crippen LogP) is 2.19. The number of hydrogen-bond donors (Lipinski definition) is 0. The number of hydrogen-bond acceptors (Lipinski definition) is 3. The van der Waals surface area contributed by atoms with Crippen LogP contribution in [0.15, 0.2) is 17.1 Å². The lowest BCUT2D eigenvalue weighted by Gasteiger charge is -1.86. The molecule has 3 heteroatoms. The minimum Gasteiger partial charge on any atom is -0.382 e. The van der Waals surface area contributed by atoms with Crippen LogP contribution in [0.5, 0.6) is 0 Å². The highest BCUT2D eigenvalue weighted by atomic mass is 32.1. The second-order valence-electron chi connectivity index (χ2n) is 1.46. The molecular weight excluding hydrogens is 146 g/mol. The molecule has 0 spiro atoms. The van der Waals surface area contributed by atoms with E-state index in [1.807, 2.05) is 19.2 Å². The van der Waals surface area contributed by atoms with Crippen molar-refractivity contribution in [3.63, 3.8) is 0 Å². The summed E-state index contributed by atoms with van der Waals surface area (Å²) >= 11 is 1.60. The van der Waals surface area contributed by atoms with Gasteiger partial charge in [0, 0.05) is 24.8 Å². The standard InChI is InChI=1S/C4H10O.C3H3NS/c1-3-5-4-2;1-2-5-3-4-1/h3-4H2,1-2H3;1-3H. The first-order valence-electron chi connectivity index (χ1n) is 3.31. The maximum absolute atomic E-state index is 4.83. The number of aromatic nitrogens is 1. The Balaban J connectivity index is 0.000000162. The minimum absolute atomic E-state index is 0.844. The van der Waals surface area contributed by atoms with E-state index < -0.39 is 0 Å². The van der Waals surface area contributed by atoms with E-state index in [-0.39, 0.29) is 0 Å². The molecule has 0 saturated heterocycles. The van der Waals surface area contributed by atoms with E-state index in [0.29, 0.717) is 0 Å². The van der Waals surface area contributed by atoms with Crippen LogP contribution in [0.4, 0.5) is 0 Å². The van der Waals surface area contributed by atoms with Crippen molar-refractivity contribution in [3.8, 4) is 0 Å². The van der Waals surface area contributed by atoms with Gasteiger partial charge in [-0.1, -0.05) is 0 Å². The van der Waals surface area contributed by atoms with E-state index in [4.69, 9.17) is 4.74 Å². The molecule has 0 radical (unpaired) electrons. The van der Waals surface area contributed by atoms with Crippen LogP contribution in [0, 0.1) is 0 Å². The first-order chi connectivity index (χ1) is 4.91. The number of ether oxygens (including phenoxy) is 1. The van der Waals surface area contributed by atoms with Crippen LogP contribution in [0.25, 0.3) is 0 Å². The summed E-state index contributed by atoms with van der Waals surface area (Å²) in [5.74, 6) is 0. The van der Waals surface area contributed by atoms with E-state index in [0.717, 1.165) is 13.2 Å². The van der Waals surface area contributed by atoms with E-state index >= 15 is 0 Å². The third-order valence-corrected chi connectivity index (χ3v) is 1.28. The zero-order valence-electron chi connectivity index (χ0n) is 6.41. The van der Waals surface area contributed by atoms with E-state index in [2.05, 4.69) is 4.98 Å². The molecule has 10 heavy (non-hydrogen) atoms. The molecule has 1 rings (SSSR count). The molecule has 0 unspecified atom stereocenters. The number of nitrogens with zero attached hydrogens (tertiary/aromatic N) is 1. The smallest absolute Gasteiger partial charge is 0.0791 e. The Bertz CT molecular complexity index is 99.9. The molecule has 58 valence electrons. The molecule has 0 saturated carbocycles. The van der Waals surface area contributed by atoms with Crippen molar-refractivity contribution in [2.45, 2.75) is 13.8 Å². The van der Waals surface area contributed by atoms with Gasteiger partial charge in [0.25, 0.3) is 0 Å². The monoisotopic (exact) mass is 159 g/mol. The summed E-state index contributed by atoms with van der Waals surface area (Å²) in [7, 11) is 0. The van der Waals surface area contributed by atoms with Gasteiger partial charge in [0.05, 0.1) is 5.51 Å². The fraction of sp³-hybridized carbons (Fsp3) is 0.571. The third-order valence-electron chi connectivity index (χ3n) is 0.755. The third kappa shape index (κ3) is 7.59. The van der Waals surface area contributed by atoms with Crippen LogP contribution >= 0.6 is 11.3 Å². The fourth-order valence-electron chi connectivity index (χ4n) is 0.380. The molecule has 0 atom stereocenters. The predicted molar refractivity (Wildman–Crippen MR) is 44.3 cm³/mol. The van der Waals surface area contributed by atoms with Crippen LogP contribution < -0.4 is 0 Å². The second kappa shape index (κ2) is 8.59. The van der Waals surface area contributed by atoms with Gasteiger partial charge in [-0.3, -0.25) is 4.98 Å². The average molecular weight is 159 g/mol. The van der Waals surface area contributed by atoms with Crippen LogP contribution in [-0.4, -0.2) is 18.2 Å². The molecule has 2 nitrogen and oxygen atoms in total. The van der Waals surface area contributed by atoms with E-state index in [9.17, 15) is 0 Å². The van der Waals surface area contributed by atoms with Crippen LogP contribution in [0.1, 0.15) is 13.8 Å². The summed E-state index contributed by atoms with van der Waals surface area (Å²) in [4.78, 5) is 3.74. The van der Waals surface area contributed by atoms with Gasteiger partial charge in [-0.25, -0.2) is 0 Å². The lowest BCUT2D eigenvalue weighted by molar-refractivity contribution is 0.162. The first-order valence-corrected chi connectivity index (χ1v) is 4.26. The topological polar surface area (TPSA) is 22.1 Å². The molecule has 0 N–H and O–H groups in total. The Kier molecular flexibility index (Phi) is 8.24. The number of thiazole rings is 1. The van der Waals surface area contributed by atoms with Crippen LogP contribution in [0.2, 0.25) is 0 Å². The first kappa shape index (κ1) is 9.59. The van der Waals surface area contributed by atoms with Crippen molar-refractivity contribution in [1.29, 1.82) is 0 Å². The summed E-state index contributed by atoms with van der Waals surface area (Å²) in [6.45, 7) is 5.67. The lowest BCUT2D eigenvalue weighted by atomic mass is 10.8. The summed E-state index contributed by atoms with van der Waals surface area (Å²) in [6.07, 6.45) is 1.77.